The first-order valence-electron chi connectivity index (χ1n) is 6.25. The zero-order valence-electron chi connectivity index (χ0n) is 9.62. The fraction of sp³-hybridized carbons (Fsp3) is 0.571. The van der Waals surface area contributed by atoms with Crippen LogP contribution < -0.4 is 5.32 Å². The highest BCUT2D eigenvalue weighted by atomic mass is 35.5. The molecule has 1 saturated carbocycles. The number of halogens is 1. The molecule has 3 rings (SSSR count). The van der Waals surface area contributed by atoms with Crippen LogP contribution in [0.1, 0.15) is 37.7 Å². The maximum absolute atomic E-state index is 6.06. The van der Waals surface area contributed by atoms with Crippen molar-refractivity contribution in [1.29, 1.82) is 0 Å². The highest BCUT2D eigenvalue weighted by Gasteiger charge is 2.40. The highest BCUT2D eigenvalue weighted by Crippen LogP contribution is 2.42. The van der Waals surface area contributed by atoms with Gasteiger partial charge in [-0.1, -0.05) is 23.7 Å². The van der Waals surface area contributed by atoms with Gasteiger partial charge in [-0.25, -0.2) is 0 Å². The lowest BCUT2D eigenvalue weighted by Crippen LogP contribution is -2.29. The van der Waals surface area contributed by atoms with Crippen LogP contribution in [0.4, 0.5) is 0 Å². The number of hydrogen-bond donors (Lipinski definition) is 1. The zero-order valence-corrected chi connectivity index (χ0v) is 10.4. The predicted molar refractivity (Wildman–Crippen MR) is 67.9 cm³/mol. The third kappa shape index (κ3) is 1.99. The van der Waals surface area contributed by atoms with Crippen molar-refractivity contribution in [2.45, 2.75) is 44.2 Å². The lowest BCUT2D eigenvalue weighted by atomic mass is 9.91. The Kier molecular flexibility index (Phi) is 2.68. The molecule has 1 aromatic rings. The maximum Gasteiger partial charge on any atom is 0.0408 e. The van der Waals surface area contributed by atoms with E-state index in [1.807, 2.05) is 6.07 Å². The Morgan fingerprint density at radius 2 is 2.12 bits per heavy atom. The van der Waals surface area contributed by atoms with E-state index < -0.39 is 0 Å². The van der Waals surface area contributed by atoms with Gasteiger partial charge < -0.3 is 5.32 Å². The summed E-state index contributed by atoms with van der Waals surface area (Å²) in [6, 6.07) is 9.69. The van der Waals surface area contributed by atoms with Crippen molar-refractivity contribution in [3.05, 3.63) is 34.9 Å². The van der Waals surface area contributed by atoms with E-state index >= 15 is 0 Å². The topological polar surface area (TPSA) is 12.0 Å². The molecule has 2 heteroatoms. The van der Waals surface area contributed by atoms with E-state index in [1.165, 1.54) is 24.8 Å². The second kappa shape index (κ2) is 4.05. The summed E-state index contributed by atoms with van der Waals surface area (Å²) >= 11 is 6.06. The van der Waals surface area contributed by atoms with Crippen LogP contribution in [-0.4, -0.2) is 12.1 Å². The molecule has 1 N–H and O–H groups in total. The summed E-state index contributed by atoms with van der Waals surface area (Å²) < 4.78 is 0. The van der Waals surface area contributed by atoms with E-state index in [-0.39, 0.29) is 0 Å². The average Bonchev–Trinajstić information content (AvgIpc) is 3.02. The number of hydrogen-bond acceptors (Lipinski definition) is 1. The second-order valence-corrected chi connectivity index (χ2v) is 5.73. The third-order valence-corrected chi connectivity index (χ3v) is 4.29. The van der Waals surface area contributed by atoms with Crippen LogP contribution in [0.2, 0.25) is 5.02 Å². The molecule has 1 aliphatic carbocycles. The molecule has 1 aromatic carbocycles. The average molecular weight is 236 g/mol. The molecule has 2 aliphatic rings. The summed E-state index contributed by atoms with van der Waals surface area (Å²) in [6.07, 6.45) is 4.13. The van der Waals surface area contributed by atoms with Crippen molar-refractivity contribution in [3.8, 4) is 0 Å². The number of rotatable bonds is 2. The SMILES string of the molecule is CC1NC(C2CC2)CC1c1cccc(Cl)c1. The van der Waals surface area contributed by atoms with E-state index in [4.69, 9.17) is 11.6 Å². The summed E-state index contributed by atoms with van der Waals surface area (Å²) in [5.74, 6) is 1.59. The van der Waals surface area contributed by atoms with Crippen molar-refractivity contribution >= 4 is 11.6 Å². The van der Waals surface area contributed by atoms with Gasteiger partial charge in [0.05, 0.1) is 0 Å². The summed E-state index contributed by atoms with van der Waals surface area (Å²) in [5.41, 5.74) is 1.40. The molecule has 16 heavy (non-hydrogen) atoms. The normalized spacial score (nSPS) is 34.2. The van der Waals surface area contributed by atoms with Crippen LogP contribution in [-0.2, 0) is 0 Å². The molecule has 86 valence electrons. The van der Waals surface area contributed by atoms with Crippen LogP contribution >= 0.6 is 11.6 Å². The van der Waals surface area contributed by atoms with Gasteiger partial charge in [0.1, 0.15) is 0 Å². The van der Waals surface area contributed by atoms with Crippen molar-refractivity contribution in [2.75, 3.05) is 0 Å². The molecule has 1 aliphatic heterocycles. The van der Waals surface area contributed by atoms with Gasteiger partial charge in [-0.15, -0.1) is 0 Å². The standard InChI is InChI=1S/C14H18ClN/c1-9-13(8-14(16-9)10-5-6-10)11-3-2-4-12(15)7-11/h2-4,7,9-10,13-14,16H,5-6,8H2,1H3. The number of benzene rings is 1. The van der Waals surface area contributed by atoms with E-state index in [9.17, 15) is 0 Å². The van der Waals surface area contributed by atoms with Gasteiger partial charge in [-0.05, 0) is 49.8 Å². The largest absolute Gasteiger partial charge is 0.311 e. The minimum atomic E-state index is 0.587. The molecule has 1 nitrogen and oxygen atoms in total. The van der Waals surface area contributed by atoms with Crippen LogP contribution in [0.15, 0.2) is 24.3 Å². The van der Waals surface area contributed by atoms with E-state index in [1.54, 1.807) is 0 Å². The van der Waals surface area contributed by atoms with Gasteiger partial charge in [-0.3, -0.25) is 0 Å². The lowest BCUT2D eigenvalue weighted by molar-refractivity contribution is 0.509. The first-order valence-corrected chi connectivity index (χ1v) is 6.63. The Labute approximate surface area is 102 Å². The fourth-order valence-corrected chi connectivity index (χ4v) is 3.19. The van der Waals surface area contributed by atoms with Gasteiger partial charge in [0, 0.05) is 23.0 Å². The van der Waals surface area contributed by atoms with Crippen molar-refractivity contribution in [2.24, 2.45) is 5.92 Å². The Morgan fingerprint density at radius 1 is 1.31 bits per heavy atom. The first-order chi connectivity index (χ1) is 7.74. The maximum atomic E-state index is 6.06. The molecular weight excluding hydrogens is 218 g/mol. The van der Waals surface area contributed by atoms with Gasteiger partial charge in [-0.2, -0.15) is 0 Å². The van der Waals surface area contributed by atoms with Gasteiger partial charge >= 0.3 is 0 Å². The monoisotopic (exact) mass is 235 g/mol. The summed E-state index contributed by atoms with van der Waals surface area (Å²) in [7, 11) is 0. The third-order valence-electron chi connectivity index (χ3n) is 4.06. The minimum Gasteiger partial charge on any atom is -0.311 e. The summed E-state index contributed by atoms with van der Waals surface area (Å²) in [6.45, 7) is 2.30. The Balaban J connectivity index is 1.79. The predicted octanol–water partition coefficient (Wildman–Crippen LogP) is 3.58. The van der Waals surface area contributed by atoms with Crippen molar-refractivity contribution in [3.63, 3.8) is 0 Å². The Bertz CT molecular complexity index is 386. The molecule has 0 bridgehead atoms. The molecule has 2 fully saturated rings. The smallest absolute Gasteiger partial charge is 0.0408 e. The molecule has 3 unspecified atom stereocenters. The van der Waals surface area contributed by atoms with Crippen molar-refractivity contribution < 1.29 is 0 Å². The highest BCUT2D eigenvalue weighted by molar-refractivity contribution is 6.30. The minimum absolute atomic E-state index is 0.587. The molecule has 1 heterocycles. The lowest BCUT2D eigenvalue weighted by Gasteiger charge is -2.15. The molecule has 1 saturated heterocycles. The Morgan fingerprint density at radius 3 is 2.81 bits per heavy atom. The second-order valence-electron chi connectivity index (χ2n) is 5.30. The molecule has 0 amide bonds. The van der Waals surface area contributed by atoms with E-state index in [2.05, 4.69) is 30.4 Å². The quantitative estimate of drug-likeness (QED) is 0.826. The number of nitrogens with one attached hydrogen (secondary N) is 1. The summed E-state index contributed by atoms with van der Waals surface area (Å²) in [4.78, 5) is 0. The van der Waals surface area contributed by atoms with Crippen molar-refractivity contribution in [1.82, 2.24) is 5.32 Å². The molecule has 0 spiro atoms. The first kappa shape index (κ1) is 10.6. The van der Waals surface area contributed by atoms with E-state index in [0.29, 0.717) is 12.0 Å². The molecule has 0 radical (unpaired) electrons. The van der Waals surface area contributed by atoms with Gasteiger partial charge in [0.2, 0.25) is 0 Å². The fourth-order valence-electron chi connectivity index (χ4n) is 2.99. The zero-order chi connectivity index (χ0) is 11.1. The summed E-state index contributed by atoms with van der Waals surface area (Å²) in [5, 5.41) is 4.60. The van der Waals surface area contributed by atoms with Gasteiger partial charge in [0.25, 0.3) is 0 Å². The van der Waals surface area contributed by atoms with Crippen LogP contribution in [0.5, 0.6) is 0 Å². The van der Waals surface area contributed by atoms with Crippen LogP contribution in [0.3, 0.4) is 0 Å². The van der Waals surface area contributed by atoms with E-state index in [0.717, 1.165) is 17.0 Å². The Hall–Kier alpha value is -0.530. The van der Waals surface area contributed by atoms with Crippen LogP contribution in [0, 0.1) is 5.92 Å². The molecular formula is C14H18ClN. The van der Waals surface area contributed by atoms with Crippen LogP contribution in [0.25, 0.3) is 0 Å². The van der Waals surface area contributed by atoms with Gasteiger partial charge in [0.15, 0.2) is 0 Å². The molecule has 0 aromatic heterocycles. The molecule has 3 atom stereocenters.